The van der Waals surface area contributed by atoms with E-state index in [1.165, 1.54) is 4.90 Å². The molecule has 3 atom stereocenters. The minimum absolute atomic E-state index is 0. The smallest absolute Gasteiger partial charge is 0.242 e. The summed E-state index contributed by atoms with van der Waals surface area (Å²) in [6.07, 6.45) is 1.47. The predicted octanol–water partition coefficient (Wildman–Crippen LogP) is 1.99. The lowest BCUT2D eigenvalue weighted by Crippen LogP contribution is -2.57. The van der Waals surface area contributed by atoms with Gasteiger partial charge in [-0.15, -0.1) is 12.4 Å². The Balaban J connectivity index is 0.00000338. The molecule has 1 fully saturated rings. The molecule has 0 radical (unpaired) electrons. The molecule has 26 heavy (non-hydrogen) atoms. The number of hydrogen-bond acceptors (Lipinski definition) is 5. The molecule has 0 bridgehead atoms. The molecule has 2 rings (SSSR count). The molecule has 6 nitrogen and oxygen atoms in total. The van der Waals surface area contributed by atoms with Crippen molar-refractivity contribution in [1.82, 2.24) is 4.90 Å². The Morgan fingerprint density at radius 3 is 2.62 bits per heavy atom. The third-order valence-electron chi connectivity index (χ3n) is 4.74. The number of amides is 1. The van der Waals surface area contributed by atoms with Crippen molar-refractivity contribution in [3.8, 4) is 11.8 Å². The normalized spacial score (nSPS) is 19.2. The van der Waals surface area contributed by atoms with Gasteiger partial charge >= 0.3 is 0 Å². The summed E-state index contributed by atoms with van der Waals surface area (Å²) in [5.41, 5.74) is 7.07. The van der Waals surface area contributed by atoms with Crippen LogP contribution in [-0.4, -0.2) is 45.5 Å². The Morgan fingerprint density at radius 2 is 2.08 bits per heavy atom. The van der Waals surface area contributed by atoms with Crippen LogP contribution in [-0.2, 0) is 21.3 Å². The van der Waals surface area contributed by atoms with Crippen LogP contribution in [0.1, 0.15) is 32.3 Å². The van der Waals surface area contributed by atoms with Crippen LogP contribution in [0.2, 0.25) is 0 Å². The van der Waals surface area contributed by atoms with Crippen LogP contribution < -0.4 is 10.5 Å². The van der Waals surface area contributed by atoms with E-state index >= 15 is 0 Å². The third-order valence-corrected chi connectivity index (χ3v) is 6.77. The second-order valence-corrected chi connectivity index (χ2v) is 8.77. The molecule has 1 amide bonds. The highest BCUT2D eigenvalue weighted by Crippen LogP contribution is 2.25. The van der Waals surface area contributed by atoms with Crippen LogP contribution in [0.4, 0.5) is 0 Å². The van der Waals surface area contributed by atoms with Crippen LogP contribution in [0.25, 0.3) is 0 Å². The van der Waals surface area contributed by atoms with Gasteiger partial charge in [0, 0.05) is 23.1 Å². The SMILES string of the molecule is COc1ccc(CS(=O)C(C)(C)[C@H](N)C(=O)N2CCC[C@H]2C#N)cc1.Cl. The number of likely N-dealkylation sites (tertiary alicyclic amines) is 1. The van der Waals surface area contributed by atoms with Gasteiger partial charge in [0.1, 0.15) is 17.8 Å². The average molecular weight is 400 g/mol. The molecule has 1 unspecified atom stereocenters. The maximum absolute atomic E-state index is 12.9. The van der Waals surface area contributed by atoms with Gasteiger partial charge in [-0.05, 0) is 44.4 Å². The Kier molecular flexibility index (Phi) is 8.07. The van der Waals surface area contributed by atoms with Crippen LogP contribution in [0, 0.1) is 11.3 Å². The summed E-state index contributed by atoms with van der Waals surface area (Å²) >= 11 is 0. The number of nitrogens with zero attached hydrogens (tertiary/aromatic N) is 2. The highest BCUT2D eigenvalue weighted by Gasteiger charge is 2.42. The number of benzene rings is 1. The number of ether oxygens (including phenoxy) is 1. The third kappa shape index (κ3) is 4.76. The number of carbonyl (C=O) groups is 1. The number of nitriles is 1. The quantitative estimate of drug-likeness (QED) is 0.788. The van der Waals surface area contributed by atoms with E-state index in [0.29, 0.717) is 18.7 Å². The van der Waals surface area contributed by atoms with Crippen LogP contribution in [0.3, 0.4) is 0 Å². The van der Waals surface area contributed by atoms with Crippen molar-refractivity contribution in [1.29, 1.82) is 5.26 Å². The number of rotatable bonds is 6. The zero-order chi connectivity index (χ0) is 18.6. The first-order chi connectivity index (χ1) is 11.8. The van der Waals surface area contributed by atoms with Gasteiger partial charge in [0.15, 0.2) is 0 Å². The lowest BCUT2D eigenvalue weighted by atomic mass is 10.0. The molecular weight excluding hydrogens is 374 g/mol. The van der Waals surface area contributed by atoms with Crippen LogP contribution in [0.15, 0.2) is 24.3 Å². The molecule has 1 aliphatic heterocycles. The Bertz CT molecular complexity index is 688. The van der Waals surface area contributed by atoms with E-state index in [1.807, 2.05) is 24.3 Å². The molecule has 1 saturated heterocycles. The first-order valence-corrected chi connectivity index (χ1v) is 9.60. The Morgan fingerprint density at radius 1 is 1.46 bits per heavy atom. The van der Waals surface area contributed by atoms with E-state index < -0.39 is 27.6 Å². The Hall–Kier alpha value is -1.62. The lowest BCUT2D eigenvalue weighted by Gasteiger charge is -2.33. The molecule has 2 N–H and O–H groups in total. The number of methoxy groups -OCH3 is 1. The highest BCUT2D eigenvalue weighted by atomic mass is 35.5. The van der Waals surface area contributed by atoms with Gasteiger partial charge in [0.05, 0.1) is 17.9 Å². The fourth-order valence-electron chi connectivity index (χ4n) is 2.84. The molecule has 1 heterocycles. The molecule has 1 aromatic rings. The van der Waals surface area contributed by atoms with Crippen molar-refractivity contribution in [3.63, 3.8) is 0 Å². The molecule has 0 aromatic heterocycles. The average Bonchev–Trinajstić information content (AvgIpc) is 3.09. The monoisotopic (exact) mass is 399 g/mol. The minimum atomic E-state index is -1.35. The fraction of sp³-hybridized carbons (Fsp3) is 0.556. The van der Waals surface area contributed by atoms with E-state index in [1.54, 1.807) is 21.0 Å². The van der Waals surface area contributed by atoms with E-state index in [-0.39, 0.29) is 18.3 Å². The van der Waals surface area contributed by atoms with E-state index in [0.717, 1.165) is 17.7 Å². The zero-order valence-corrected chi connectivity index (χ0v) is 16.9. The summed E-state index contributed by atoms with van der Waals surface area (Å²) in [4.78, 5) is 14.2. The minimum Gasteiger partial charge on any atom is -0.497 e. The van der Waals surface area contributed by atoms with Crippen molar-refractivity contribution in [2.24, 2.45) is 5.73 Å². The zero-order valence-electron chi connectivity index (χ0n) is 15.3. The summed E-state index contributed by atoms with van der Waals surface area (Å²) in [5, 5.41) is 9.16. The number of halogens is 1. The number of nitrogens with two attached hydrogens (primary N) is 1. The number of carbonyl (C=O) groups excluding carboxylic acids is 1. The first kappa shape index (κ1) is 22.4. The summed E-state index contributed by atoms with van der Waals surface area (Å²) in [5.74, 6) is 0.744. The van der Waals surface area contributed by atoms with Crippen LogP contribution in [0.5, 0.6) is 5.75 Å². The standard InChI is InChI=1S/C18H25N3O3S.ClH/c1-18(2,16(20)17(22)21-10-4-5-14(21)11-19)25(23)12-13-6-8-15(24-3)9-7-13;/h6-9,14,16H,4-5,10,12,20H2,1-3H3;1H/t14-,16+,25?;/m0./s1. The van der Waals surface area contributed by atoms with Crippen molar-refractivity contribution in [2.75, 3.05) is 13.7 Å². The molecule has 0 aliphatic carbocycles. The predicted molar refractivity (Wildman–Crippen MR) is 104 cm³/mol. The van der Waals surface area contributed by atoms with Gasteiger partial charge in [0.25, 0.3) is 0 Å². The van der Waals surface area contributed by atoms with Crippen molar-refractivity contribution in [3.05, 3.63) is 29.8 Å². The van der Waals surface area contributed by atoms with E-state index in [9.17, 15) is 9.00 Å². The van der Waals surface area contributed by atoms with Gasteiger partial charge in [-0.1, -0.05) is 12.1 Å². The van der Waals surface area contributed by atoms with Crippen molar-refractivity contribution in [2.45, 2.75) is 49.3 Å². The molecule has 1 aliphatic rings. The van der Waals surface area contributed by atoms with E-state index in [4.69, 9.17) is 15.7 Å². The molecule has 144 valence electrons. The van der Waals surface area contributed by atoms with Crippen molar-refractivity contribution >= 4 is 29.1 Å². The topological polar surface area (TPSA) is 96.4 Å². The highest BCUT2D eigenvalue weighted by molar-refractivity contribution is 7.85. The maximum Gasteiger partial charge on any atom is 0.242 e. The van der Waals surface area contributed by atoms with E-state index in [2.05, 4.69) is 6.07 Å². The lowest BCUT2D eigenvalue weighted by molar-refractivity contribution is -0.133. The van der Waals surface area contributed by atoms with Gasteiger partial charge in [0.2, 0.25) is 5.91 Å². The number of hydrogen-bond donors (Lipinski definition) is 1. The van der Waals surface area contributed by atoms with Crippen molar-refractivity contribution < 1.29 is 13.7 Å². The summed E-state index contributed by atoms with van der Waals surface area (Å²) in [6, 6.07) is 8.13. The summed E-state index contributed by atoms with van der Waals surface area (Å²) in [6.45, 7) is 4.02. The molecular formula is C18H26ClN3O3S. The molecule has 0 saturated carbocycles. The summed E-state index contributed by atoms with van der Waals surface area (Å²) in [7, 11) is 0.241. The molecule has 0 spiro atoms. The molecule has 1 aromatic carbocycles. The Labute approximate surface area is 163 Å². The van der Waals surface area contributed by atoms with Gasteiger partial charge in [-0.25, -0.2) is 0 Å². The van der Waals surface area contributed by atoms with Crippen LogP contribution >= 0.6 is 12.4 Å². The largest absolute Gasteiger partial charge is 0.497 e. The molecule has 8 heteroatoms. The van der Waals surface area contributed by atoms with Gasteiger partial charge in [-0.2, -0.15) is 5.26 Å². The second-order valence-electron chi connectivity index (χ2n) is 6.74. The van der Waals surface area contributed by atoms with Gasteiger partial charge < -0.3 is 15.4 Å². The maximum atomic E-state index is 12.9. The summed E-state index contributed by atoms with van der Waals surface area (Å²) < 4.78 is 17.1. The second kappa shape index (κ2) is 9.36. The first-order valence-electron chi connectivity index (χ1n) is 8.28. The van der Waals surface area contributed by atoms with Gasteiger partial charge in [-0.3, -0.25) is 9.00 Å². The fourth-order valence-corrected chi connectivity index (χ4v) is 4.09.